The van der Waals surface area contributed by atoms with Gasteiger partial charge in [-0.15, -0.1) is 24.2 Å². The number of benzene rings is 1. The molecule has 2 N–H and O–H groups in total. The fourth-order valence-corrected chi connectivity index (χ4v) is 4.48. The van der Waals surface area contributed by atoms with Crippen LogP contribution in [-0.2, 0) is 4.79 Å². The molecular weight excluding hydrogens is 339 g/mol. The molecule has 0 aromatic heterocycles. The van der Waals surface area contributed by atoms with Crippen molar-refractivity contribution in [3.8, 4) is 0 Å². The second kappa shape index (κ2) is 8.44. The number of hydrogen-bond acceptors (Lipinski definition) is 3. The van der Waals surface area contributed by atoms with Crippen molar-refractivity contribution in [2.75, 3.05) is 5.75 Å². The molecule has 22 heavy (non-hydrogen) atoms. The normalized spacial score (nSPS) is 26.3. The quantitative estimate of drug-likeness (QED) is 0.787. The van der Waals surface area contributed by atoms with Crippen molar-refractivity contribution in [1.29, 1.82) is 0 Å². The van der Waals surface area contributed by atoms with Crippen molar-refractivity contribution in [3.63, 3.8) is 0 Å². The Balaban J connectivity index is 0.00000176. The average Bonchev–Trinajstić information content (AvgIpc) is 2.80. The summed E-state index contributed by atoms with van der Waals surface area (Å²) in [6.45, 7) is 0. The summed E-state index contributed by atoms with van der Waals surface area (Å²) in [5.74, 6) is 0.939. The molecule has 2 bridgehead atoms. The minimum atomic E-state index is 0. The van der Waals surface area contributed by atoms with Crippen LogP contribution in [0.2, 0.25) is 5.02 Å². The summed E-state index contributed by atoms with van der Waals surface area (Å²) in [6.07, 6.45) is 5.24. The van der Waals surface area contributed by atoms with Crippen molar-refractivity contribution in [1.82, 2.24) is 10.6 Å². The van der Waals surface area contributed by atoms with E-state index >= 15 is 0 Å². The first-order valence-electron chi connectivity index (χ1n) is 7.63. The minimum Gasteiger partial charge on any atom is -0.353 e. The second-order valence-electron chi connectivity index (χ2n) is 5.90. The van der Waals surface area contributed by atoms with Crippen LogP contribution in [0.5, 0.6) is 0 Å². The van der Waals surface area contributed by atoms with Crippen molar-refractivity contribution >= 4 is 41.7 Å². The third-order valence-electron chi connectivity index (χ3n) is 4.26. The monoisotopic (exact) mass is 360 g/mol. The van der Waals surface area contributed by atoms with Crippen LogP contribution in [0.4, 0.5) is 0 Å². The summed E-state index contributed by atoms with van der Waals surface area (Å²) < 4.78 is 0. The highest BCUT2D eigenvalue weighted by Crippen LogP contribution is 2.28. The van der Waals surface area contributed by atoms with E-state index in [-0.39, 0.29) is 18.3 Å². The van der Waals surface area contributed by atoms with Crippen LogP contribution >= 0.6 is 35.8 Å². The number of nitrogens with one attached hydrogen (secondary N) is 2. The van der Waals surface area contributed by atoms with Crippen LogP contribution < -0.4 is 10.6 Å². The lowest BCUT2D eigenvalue weighted by atomic mass is 10.00. The molecule has 3 nitrogen and oxygen atoms in total. The lowest BCUT2D eigenvalue weighted by Crippen LogP contribution is -2.48. The number of piperidine rings is 1. The van der Waals surface area contributed by atoms with Crippen molar-refractivity contribution in [3.05, 3.63) is 29.3 Å². The zero-order valence-corrected chi connectivity index (χ0v) is 14.8. The van der Waals surface area contributed by atoms with Gasteiger partial charge in [0.25, 0.3) is 0 Å². The standard InChI is InChI=1S/C16H21ClN2OS.ClH/c17-14-3-1-2-4-15(14)21-8-7-16(20)19-13-9-11-5-6-12(10-13)18-11;/h1-4,11-13,18H,5-10H2,(H,19,20);1H. The number of halogens is 2. The molecule has 2 fully saturated rings. The molecule has 6 heteroatoms. The Bertz CT molecular complexity index is 503. The number of amides is 1. The molecule has 0 spiro atoms. The predicted molar refractivity (Wildman–Crippen MR) is 95.2 cm³/mol. The molecule has 0 aliphatic carbocycles. The van der Waals surface area contributed by atoms with E-state index < -0.39 is 0 Å². The first-order valence-corrected chi connectivity index (χ1v) is 9.00. The molecule has 1 aromatic rings. The van der Waals surface area contributed by atoms with Crippen LogP contribution in [-0.4, -0.2) is 29.8 Å². The molecule has 0 radical (unpaired) electrons. The molecule has 1 amide bonds. The fourth-order valence-electron chi connectivity index (χ4n) is 3.29. The van der Waals surface area contributed by atoms with E-state index in [1.165, 1.54) is 12.8 Å². The number of carbonyl (C=O) groups is 1. The number of fused-ring (bicyclic) bond motifs is 2. The maximum Gasteiger partial charge on any atom is 0.221 e. The molecule has 2 aliphatic rings. The van der Waals surface area contributed by atoms with E-state index in [4.69, 9.17) is 11.6 Å². The number of rotatable bonds is 5. The second-order valence-corrected chi connectivity index (χ2v) is 7.45. The van der Waals surface area contributed by atoms with E-state index in [0.717, 1.165) is 28.5 Å². The third kappa shape index (κ3) is 4.79. The van der Waals surface area contributed by atoms with Crippen molar-refractivity contribution < 1.29 is 4.79 Å². The van der Waals surface area contributed by atoms with E-state index in [1.807, 2.05) is 24.3 Å². The molecule has 3 rings (SSSR count). The van der Waals surface area contributed by atoms with E-state index in [0.29, 0.717) is 24.5 Å². The SMILES string of the molecule is Cl.O=C(CCSc1ccccc1Cl)NC1CC2CCC(C1)N2. The lowest BCUT2D eigenvalue weighted by Gasteiger charge is -2.29. The first-order chi connectivity index (χ1) is 10.2. The van der Waals surface area contributed by atoms with Gasteiger partial charge in [-0.1, -0.05) is 23.7 Å². The van der Waals surface area contributed by atoms with Gasteiger partial charge in [0.05, 0.1) is 5.02 Å². The highest BCUT2D eigenvalue weighted by molar-refractivity contribution is 7.99. The first kappa shape index (κ1) is 17.9. The molecule has 1 aromatic carbocycles. The molecular formula is C16H22Cl2N2OS. The average molecular weight is 361 g/mol. The van der Waals surface area contributed by atoms with Gasteiger partial charge in [0.15, 0.2) is 0 Å². The fraction of sp³-hybridized carbons (Fsp3) is 0.562. The molecule has 122 valence electrons. The zero-order valence-electron chi connectivity index (χ0n) is 12.4. The van der Waals surface area contributed by atoms with Gasteiger partial charge >= 0.3 is 0 Å². The van der Waals surface area contributed by atoms with Gasteiger partial charge < -0.3 is 10.6 Å². The Morgan fingerprint density at radius 1 is 1.27 bits per heavy atom. The van der Waals surface area contributed by atoms with E-state index in [1.54, 1.807) is 11.8 Å². The maximum absolute atomic E-state index is 12.0. The lowest BCUT2D eigenvalue weighted by molar-refractivity contribution is -0.121. The van der Waals surface area contributed by atoms with Crippen LogP contribution in [0.3, 0.4) is 0 Å². The summed E-state index contributed by atoms with van der Waals surface area (Å²) in [6, 6.07) is 9.37. The molecule has 2 saturated heterocycles. The van der Waals surface area contributed by atoms with Crippen LogP contribution in [0.1, 0.15) is 32.1 Å². The van der Waals surface area contributed by atoms with Crippen molar-refractivity contribution in [2.45, 2.75) is 55.1 Å². The maximum atomic E-state index is 12.0. The molecule has 2 aliphatic heterocycles. The summed E-state index contributed by atoms with van der Waals surface area (Å²) in [5, 5.41) is 7.55. The van der Waals surface area contributed by atoms with E-state index in [2.05, 4.69) is 10.6 Å². The molecule has 0 saturated carbocycles. The molecule has 2 heterocycles. The smallest absolute Gasteiger partial charge is 0.221 e. The van der Waals surface area contributed by atoms with Gasteiger partial charge in [-0.25, -0.2) is 0 Å². The highest BCUT2D eigenvalue weighted by Gasteiger charge is 2.33. The summed E-state index contributed by atoms with van der Waals surface area (Å²) in [5.41, 5.74) is 0. The number of carbonyl (C=O) groups excluding carboxylic acids is 1. The Labute approximate surface area is 147 Å². The summed E-state index contributed by atoms with van der Waals surface area (Å²) in [7, 11) is 0. The zero-order chi connectivity index (χ0) is 14.7. The number of thioether (sulfide) groups is 1. The topological polar surface area (TPSA) is 41.1 Å². The van der Waals surface area contributed by atoms with Gasteiger partial charge in [-0.05, 0) is 37.8 Å². The van der Waals surface area contributed by atoms with Gasteiger partial charge in [0, 0.05) is 35.2 Å². The van der Waals surface area contributed by atoms with Gasteiger partial charge in [0.2, 0.25) is 5.91 Å². The van der Waals surface area contributed by atoms with Crippen LogP contribution in [0.15, 0.2) is 29.2 Å². The van der Waals surface area contributed by atoms with Crippen molar-refractivity contribution in [2.24, 2.45) is 0 Å². The van der Waals surface area contributed by atoms with E-state index in [9.17, 15) is 4.79 Å². The molecule has 2 atom stereocenters. The third-order valence-corrected chi connectivity index (χ3v) is 5.78. The number of hydrogen-bond donors (Lipinski definition) is 2. The summed E-state index contributed by atoms with van der Waals surface area (Å²) >= 11 is 7.75. The Hall–Kier alpha value is -0.420. The van der Waals surface area contributed by atoms with Crippen LogP contribution in [0, 0.1) is 0 Å². The Kier molecular flexibility index (Phi) is 6.87. The Morgan fingerprint density at radius 3 is 2.64 bits per heavy atom. The van der Waals surface area contributed by atoms with Gasteiger partial charge in [0.1, 0.15) is 0 Å². The Morgan fingerprint density at radius 2 is 1.95 bits per heavy atom. The minimum absolute atomic E-state index is 0. The predicted octanol–water partition coefficient (Wildman–Crippen LogP) is 3.64. The van der Waals surface area contributed by atoms with Gasteiger partial charge in [-0.3, -0.25) is 4.79 Å². The summed E-state index contributed by atoms with van der Waals surface area (Å²) in [4.78, 5) is 13.1. The van der Waals surface area contributed by atoms with Gasteiger partial charge in [-0.2, -0.15) is 0 Å². The van der Waals surface area contributed by atoms with Crippen LogP contribution in [0.25, 0.3) is 0 Å². The highest BCUT2D eigenvalue weighted by atomic mass is 35.5. The molecule has 2 unspecified atom stereocenters. The largest absolute Gasteiger partial charge is 0.353 e.